The lowest BCUT2D eigenvalue weighted by Gasteiger charge is -2.26. The van der Waals surface area contributed by atoms with E-state index in [2.05, 4.69) is 45.5 Å². The molecule has 1 aromatic heterocycles. The number of pyridine rings is 1. The number of nitrogens with one attached hydrogen (secondary N) is 1. The van der Waals surface area contributed by atoms with Crippen LogP contribution in [0.25, 0.3) is 10.8 Å². The Morgan fingerprint density at radius 1 is 1.05 bits per heavy atom. The van der Waals surface area contributed by atoms with Crippen LogP contribution in [0.1, 0.15) is 19.3 Å². The van der Waals surface area contributed by atoms with Gasteiger partial charge in [-0.1, -0.05) is 30.7 Å². The summed E-state index contributed by atoms with van der Waals surface area (Å²) in [4.78, 5) is 7.00. The highest BCUT2D eigenvalue weighted by Crippen LogP contribution is 2.20. The molecule has 0 bridgehead atoms. The maximum absolute atomic E-state index is 4.46. The third kappa shape index (κ3) is 3.04. The van der Waals surface area contributed by atoms with Crippen LogP contribution in [0.5, 0.6) is 0 Å². The first-order valence-electron chi connectivity index (χ1n) is 7.23. The van der Waals surface area contributed by atoms with Crippen molar-refractivity contribution in [1.29, 1.82) is 0 Å². The van der Waals surface area contributed by atoms with Crippen LogP contribution in [0.15, 0.2) is 36.5 Å². The second kappa shape index (κ2) is 6.02. The van der Waals surface area contributed by atoms with E-state index in [1.807, 2.05) is 6.20 Å². The summed E-state index contributed by atoms with van der Waals surface area (Å²) < 4.78 is 0. The number of fused-ring (bicyclic) bond motifs is 1. The first-order chi connectivity index (χ1) is 9.43. The Kier molecular flexibility index (Phi) is 3.94. The summed E-state index contributed by atoms with van der Waals surface area (Å²) in [6, 6.07) is 10.5. The van der Waals surface area contributed by atoms with Crippen LogP contribution in [-0.4, -0.2) is 36.1 Å². The highest BCUT2D eigenvalue weighted by atomic mass is 15.1. The van der Waals surface area contributed by atoms with Crippen LogP contribution in [0.2, 0.25) is 0 Å². The molecule has 0 atom stereocenters. The van der Waals surface area contributed by atoms with Gasteiger partial charge in [-0.05, 0) is 37.4 Å². The fourth-order valence-electron chi connectivity index (χ4n) is 2.78. The minimum atomic E-state index is 0.973. The van der Waals surface area contributed by atoms with Gasteiger partial charge in [0.05, 0.1) is 0 Å². The van der Waals surface area contributed by atoms with Crippen LogP contribution in [0, 0.1) is 0 Å². The fraction of sp³-hybridized carbons (Fsp3) is 0.438. The van der Waals surface area contributed by atoms with Gasteiger partial charge in [0.2, 0.25) is 0 Å². The first-order valence-corrected chi connectivity index (χ1v) is 7.23. The molecule has 3 nitrogen and oxygen atoms in total. The summed E-state index contributed by atoms with van der Waals surface area (Å²) >= 11 is 0. The molecule has 100 valence electrons. The van der Waals surface area contributed by atoms with Crippen molar-refractivity contribution in [3.8, 4) is 0 Å². The number of anilines is 1. The van der Waals surface area contributed by atoms with Crippen molar-refractivity contribution in [2.24, 2.45) is 0 Å². The van der Waals surface area contributed by atoms with Gasteiger partial charge in [0, 0.05) is 24.7 Å². The Bertz CT molecular complexity index is 527. The highest BCUT2D eigenvalue weighted by molar-refractivity contribution is 5.91. The smallest absolute Gasteiger partial charge is 0.133 e. The molecule has 0 amide bonds. The van der Waals surface area contributed by atoms with E-state index in [-0.39, 0.29) is 0 Å². The molecule has 1 aliphatic heterocycles. The van der Waals surface area contributed by atoms with E-state index in [0.29, 0.717) is 0 Å². The molecular weight excluding hydrogens is 234 g/mol. The molecule has 0 aliphatic carbocycles. The molecule has 1 fully saturated rings. The number of piperidine rings is 1. The quantitative estimate of drug-likeness (QED) is 0.909. The molecule has 19 heavy (non-hydrogen) atoms. The van der Waals surface area contributed by atoms with Crippen LogP contribution in [-0.2, 0) is 0 Å². The van der Waals surface area contributed by atoms with Gasteiger partial charge in [0.15, 0.2) is 0 Å². The Morgan fingerprint density at radius 3 is 2.79 bits per heavy atom. The Hall–Kier alpha value is -1.61. The zero-order chi connectivity index (χ0) is 12.9. The van der Waals surface area contributed by atoms with Crippen molar-refractivity contribution in [3.63, 3.8) is 0 Å². The molecule has 3 heteroatoms. The third-order valence-corrected chi connectivity index (χ3v) is 3.84. The average molecular weight is 255 g/mol. The van der Waals surface area contributed by atoms with E-state index >= 15 is 0 Å². The summed E-state index contributed by atoms with van der Waals surface area (Å²) in [5, 5.41) is 5.94. The fourth-order valence-corrected chi connectivity index (χ4v) is 2.78. The molecule has 3 rings (SSSR count). The monoisotopic (exact) mass is 255 g/mol. The SMILES string of the molecule is c1ccc2c(NCCN3CCCCC3)nccc2c1. The second-order valence-electron chi connectivity index (χ2n) is 5.21. The van der Waals surface area contributed by atoms with Crippen LogP contribution < -0.4 is 5.32 Å². The van der Waals surface area contributed by atoms with E-state index in [0.717, 1.165) is 18.9 Å². The Labute approximate surface area is 114 Å². The number of nitrogens with zero attached hydrogens (tertiary/aromatic N) is 2. The molecule has 2 heterocycles. The predicted molar refractivity (Wildman–Crippen MR) is 80.5 cm³/mol. The predicted octanol–water partition coefficient (Wildman–Crippen LogP) is 3.13. The summed E-state index contributed by atoms with van der Waals surface area (Å²) in [5.74, 6) is 1.01. The molecule has 0 spiro atoms. The lowest BCUT2D eigenvalue weighted by molar-refractivity contribution is 0.237. The molecule has 1 saturated heterocycles. The lowest BCUT2D eigenvalue weighted by atomic mass is 10.1. The minimum Gasteiger partial charge on any atom is -0.368 e. The number of rotatable bonds is 4. The van der Waals surface area contributed by atoms with E-state index in [9.17, 15) is 0 Å². The Balaban J connectivity index is 1.62. The second-order valence-corrected chi connectivity index (χ2v) is 5.21. The molecule has 1 aromatic carbocycles. The topological polar surface area (TPSA) is 28.2 Å². The Morgan fingerprint density at radius 2 is 1.89 bits per heavy atom. The summed E-state index contributed by atoms with van der Waals surface area (Å²) in [5.41, 5.74) is 0. The van der Waals surface area contributed by atoms with Gasteiger partial charge in [0.25, 0.3) is 0 Å². The van der Waals surface area contributed by atoms with Crippen LogP contribution in [0.3, 0.4) is 0 Å². The third-order valence-electron chi connectivity index (χ3n) is 3.84. The van der Waals surface area contributed by atoms with Crippen LogP contribution in [0.4, 0.5) is 5.82 Å². The summed E-state index contributed by atoms with van der Waals surface area (Å²) in [7, 11) is 0. The first kappa shape index (κ1) is 12.4. The maximum atomic E-state index is 4.46. The van der Waals surface area contributed by atoms with Gasteiger partial charge in [0.1, 0.15) is 5.82 Å². The highest BCUT2D eigenvalue weighted by Gasteiger charge is 2.09. The summed E-state index contributed by atoms with van der Waals surface area (Å²) in [6.07, 6.45) is 5.99. The summed E-state index contributed by atoms with van der Waals surface area (Å²) in [6.45, 7) is 4.60. The molecule has 0 unspecified atom stereocenters. The zero-order valence-electron chi connectivity index (χ0n) is 11.3. The molecular formula is C16H21N3. The van der Waals surface area contributed by atoms with E-state index in [4.69, 9.17) is 0 Å². The zero-order valence-corrected chi connectivity index (χ0v) is 11.3. The normalized spacial score (nSPS) is 16.6. The van der Waals surface area contributed by atoms with Crippen molar-refractivity contribution in [3.05, 3.63) is 36.5 Å². The van der Waals surface area contributed by atoms with E-state index in [1.165, 1.54) is 43.1 Å². The van der Waals surface area contributed by atoms with Gasteiger partial charge < -0.3 is 10.2 Å². The van der Waals surface area contributed by atoms with Gasteiger partial charge in [-0.2, -0.15) is 0 Å². The van der Waals surface area contributed by atoms with Crippen molar-refractivity contribution < 1.29 is 0 Å². The van der Waals surface area contributed by atoms with Gasteiger partial charge in [-0.15, -0.1) is 0 Å². The van der Waals surface area contributed by atoms with Crippen molar-refractivity contribution >= 4 is 16.6 Å². The van der Waals surface area contributed by atoms with Gasteiger partial charge in [-0.25, -0.2) is 4.98 Å². The number of aromatic nitrogens is 1. The molecule has 2 aromatic rings. The van der Waals surface area contributed by atoms with Crippen LogP contribution >= 0.6 is 0 Å². The number of benzene rings is 1. The molecule has 0 radical (unpaired) electrons. The lowest BCUT2D eigenvalue weighted by Crippen LogP contribution is -2.33. The average Bonchev–Trinajstić information content (AvgIpc) is 2.49. The van der Waals surface area contributed by atoms with Crippen molar-refractivity contribution in [2.75, 3.05) is 31.5 Å². The van der Waals surface area contributed by atoms with Crippen molar-refractivity contribution in [1.82, 2.24) is 9.88 Å². The van der Waals surface area contributed by atoms with Crippen molar-refractivity contribution in [2.45, 2.75) is 19.3 Å². The number of hydrogen-bond donors (Lipinski definition) is 1. The molecule has 1 aliphatic rings. The number of hydrogen-bond acceptors (Lipinski definition) is 3. The van der Waals surface area contributed by atoms with E-state index in [1.54, 1.807) is 0 Å². The van der Waals surface area contributed by atoms with Gasteiger partial charge >= 0.3 is 0 Å². The standard InChI is InChI=1S/C16H21N3/c1-4-11-19(12-5-1)13-10-18-16-15-7-3-2-6-14(15)8-9-17-16/h2-3,6-9H,1,4-5,10-13H2,(H,17,18). The maximum Gasteiger partial charge on any atom is 0.133 e. The van der Waals surface area contributed by atoms with E-state index < -0.39 is 0 Å². The minimum absolute atomic E-state index is 0.973. The number of likely N-dealkylation sites (tertiary alicyclic amines) is 1. The largest absolute Gasteiger partial charge is 0.368 e. The molecule has 1 N–H and O–H groups in total. The van der Waals surface area contributed by atoms with Gasteiger partial charge in [-0.3, -0.25) is 0 Å². The molecule has 0 saturated carbocycles.